The summed E-state index contributed by atoms with van der Waals surface area (Å²) in [5.41, 5.74) is 3.93. The minimum absolute atomic E-state index is 0.531. The first-order valence-corrected chi connectivity index (χ1v) is 9.14. The normalized spacial score (nSPS) is 11.2. The van der Waals surface area contributed by atoms with Crippen LogP contribution in [0, 0.1) is 6.92 Å². The summed E-state index contributed by atoms with van der Waals surface area (Å²) in [4.78, 5) is 4.66. The van der Waals surface area contributed by atoms with Gasteiger partial charge in [0.2, 0.25) is 5.89 Å². The topological polar surface area (TPSA) is 56.2 Å². The molecule has 0 unspecified atom stereocenters. The maximum absolute atomic E-state index is 5.72. The quantitative estimate of drug-likeness (QED) is 0.462. The first-order chi connectivity index (χ1) is 11.7. The van der Waals surface area contributed by atoms with E-state index in [1.54, 1.807) is 0 Å². The zero-order chi connectivity index (χ0) is 16.5. The van der Waals surface area contributed by atoms with Crippen LogP contribution in [-0.4, -0.2) is 19.6 Å². The summed E-state index contributed by atoms with van der Waals surface area (Å²) in [7, 11) is 0. The Morgan fingerprint density at radius 1 is 1.08 bits per heavy atom. The fourth-order valence-corrected chi connectivity index (χ4v) is 4.02. The average Bonchev–Trinajstić information content (AvgIpc) is 3.19. The van der Waals surface area contributed by atoms with E-state index in [-0.39, 0.29) is 0 Å². The molecule has 0 aliphatic rings. The van der Waals surface area contributed by atoms with Gasteiger partial charge in [-0.05, 0) is 47.1 Å². The fourth-order valence-electron chi connectivity index (χ4n) is 2.45. The van der Waals surface area contributed by atoms with Gasteiger partial charge >= 0.3 is 0 Å². The summed E-state index contributed by atoms with van der Waals surface area (Å²) in [6.45, 7) is 2.06. The first kappa shape index (κ1) is 15.4. The number of imidazole rings is 1. The van der Waals surface area contributed by atoms with Crippen molar-refractivity contribution in [2.75, 3.05) is 0 Å². The molecule has 3 heterocycles. The van der Waals surface area contributed by atoms with Crippen LogP contribution >= 0.6 is 27.7 Å². The molecule has 0 aliphatic carbocycles. The molecular weight excluding hydrogens is 388 g/mol. The number of aromatic nitrogens is 4. The molecule has 0 bridgehead atoms. The summed E-state index contributed by atoms with van der Waals surface area (Å²) in [6.07, 6.45) is 0. The molecule has 0 fully saturated rings. The molecule has 0 amide bonds. The molecule has 7 heteroatoms. The molecule has 0 atom stereocenters. The number of nitrogens with zero attached hydrogens (tertiary/aromatic N) is 4. The van der Waals surface area contributed by atoms with Crippen LogP contribution in [0.1, 0.15) is 11.4 Å². The highest BCUT2D eigenvalue weighted by molar-refractivity contribution is 9.10. The smallest absolute Gasteiger partial charge is 0.277 e. The van der Waals surface area contributed by atoms with Crippen molar-refractivity contribution in [2.45, 2.75) is 17.9 Å². The number of pyridine rings is 1. The zero-order valence-electron chi connectivity index (χ0n) is 12.8. The van der Waals surface area contributed by atoms with Crippen LogP contribution in [0.2, 0.25) is 0 Å². The molecule has 4 aromatic rings. The molecule has 0 N–H and O–H groups in total. The van der Waals surface area contributed by atoms with E-state index in [2.05, 4.69) is 48.5 Å². The molecule has 24 heavy (non-hydrogen) atoms. The Balaban J connectivity index is 1.55. The van der Waals surface area contributed by atoms with Crippen molar-refractivity contribution in [3.8, 4) is 11.5 Å². The largest absolute Gasteiger partial charge is 0.411 e. The molecule has 0 aliphatic heterocycles. The first-order valence-electron chi connectivity index (χ1n) is 7.36. The molecule has 0 saturated carbocycles. The van der Waals surface area contributed by atoms with Gasteiger partial charge in [0.1, 0.15) is 10.3 Å². The van der Waals surface area contributed by atoms with Crippen LogP contribution in [0.5, 0.6) is 0 Å². The number of aryl methyl sites for hydroxylation is 1. The Kier molecular flexibility index (Phi) is 4.12. The molecular formula is C17H13BrN4OS. The highest BCUT2D eigenvalue weighted by atomic mass is 79.9. The molecule has 0 saturated heterocycles. The van der Waals surface area contributed by atoms with E-state index >= 15 is 0 Å². The molecule has 3 aromatic heterocycles. The zero-order valence-corrected chi connectivity index (χ0v) is 15.2. The van der Waals surface area contributed by atoms with Crippen molar-refractivity contribution in [2.24, 2.45) is 0 Å². The number of fused-ring (bicyclic) bond motifs is 1. The minimum Gasteiger partial charge on any atom is -0.411 e. The van der Waals surface area contributed by atoms with Crippen molar-refractivity contribution in [1.29, 1.82) is 0 Å². The number of benzene rings is 1. The second-order valence-corrected chi connectivity index (χ2v) is 6.92. The lowest BCUT2D eigenvalue weighted by atomic mass is 10.2. The van der Waals surface area contributed by atoms with Crippen molar-refractivity contribution in [3.05, 3.63) is 64.5 Å². The maximum atomic E-state index is 5.72. The lowest BCUT2D eigenvalue weighted by molar-refractivity contribution is 0.466. The molecule has 1 aromatic carbocycles. The van der Waals surface area contributed by atoms with E-state index < -0.39 is 0 Å². The number of rotatable bonds is 4. The third kappa shape index (κ3) is 2.85. The number of hydrogen-bond donors (Lipinski definition) is 0. The highest BCUT2D eigenvalue weighted by Crippen LogP contribution is 2.29. The van der Waals surface area contributed by atoms with E-state index in [1.807, 2.05) is 42.5 Å². The SMILES string of the molecule is Cc1cccc2nc(CSc3nnc(-c4ccccc4)o3)c(Br)n12. The Labute approximate surface area is 151 Å². The van der Waals surface area contributed by atoms with Crippen LogP contribution in [0.15, 0.2) is 62.8 Å². The van der Waals surface area contributed by atoms with Crippen molar-refractivity contribution < 1.29 is 4.42 Å². The van der Waals surface area contributed by atoms with Gasteiger partial charge in [-0.25, -0.2) is 4.98 Å². The van der Waals surface area contributed by atoms with Gasteiger partial charge in [-0.2, -0.15) is 0 Å². The molecule has 0 radical (unpaired) electrons. The van der Waals surface area contributed by atoms with Gasteiger partial charge in [0.05, 0.1) is 5.69 Å². The Morgan fingerprint density at radius 3 is 2.71 bits per heavy atom. The van der Waals surface area contributed by atoms with Gasteiger partial charge in [-0.3, -0.25) is 4.40 Å². The Hall–Kier alpha value is -2.12. The predicted octanol–water partition coefficient (Wildman–Crippen LogP) is 4.75. The van der Waals surface area contributed by atoms with E-state index in [0.717, 1.165) is 27.2 Å². The van der Waals surface area contributed by atoms with E-state index in [0.29, 0.717) is 16.9 Å². The summed E-state index contributed by atoms with van der Waals surface area (Å²) in [6, 6.07) is 15.8. The molecule has 120 valence electrons. The van der Waals surface area contributed by atoms with Crippen LogP contribution in [0.25, 0.3) is 17.1 Å². The van der Waals surface area contributed by atoms with Crippen molar-refractivity contribution in [1.82, 2.24) is 19.6 Å². The number of hydrogen-bond acceptors (Lipinski definition) is 5. The van der Waals surface area contributed by atoms with Crippen molar-refractivity contribution >= 4 is 33.3 Å². The van der Waals surface area contributed by atoms with Gasteiger partial charge in [0.15, 0.2) is 0 Å². The standard InChI is InChI=1S/C17H13BrN4OS/c1-11-6-5-9-14-19-13(15(18)22(11)14)10-24-17-21-20-16(23-17)12-7-3-2-4-8-12/h2-9H,10H2,1H3. The maximum Gasteiger partial charge on any atom is 0.277 e. The van der Waals surface area contributed by atoms with E-state index in [1.165, 1.54) is 11.8 Å². The van der Waals surface area contributed by atoms with Gasteiger partial charge in [0, 0.05) is 17.0 Å². The fraction of sp³-hybridized carbons (Fsp3) is 0.118. The Bertz CT molecular complexity index is 996. The highest BCUT2D eigenvalue weighted by Gasteiger charge is 2.14. The summed E-state index contributed by atoms with van der Waals surface area (Å²) < 4.78 is 8.77. The monoisotopic (exact) mass is 400 g/mol. The summed E-state index contributed by atoms with van der Waals surface area (Å²) in [5.74, 6) is 1.18. The van der Waals surface area contributed by atoms with Crippen LogP contribution in [-0.2, 0) is 5.75 Å². The van der Waals surface area contributed by atoms with E-state index in [9.17, 15) is 0 Å². The summed E-state index contributed by atoms with van der Waals surface area (Å²) in [5, 5.41) is 8.74. The van der Waals surface area contributed by atoms with Crippen LogP contribution < -0.4 is 0 Å². The summed E-state index contributed by atoms with van der Waals surface area (Å²) >= 11 is 5.12. The third-order valence-corrected chi connectivity index (χ3v) is 5.25. The van der Waals surface area contributed by atoms with Gasteiger partial charge in [-0.1, -0.05) is 36.0 Å². The predicted molar refractivity (Wildman–Crippen MR) is 96.9 cm³/mol. The lowest BCUT2D eigenvalue weighted by Crippen LogP contribution is -1.90. The lowest BCUT2D eigenvalue weighted by Gasteiger charge is -2.00. The number of halogens is 1. The van der Waals surface area contributed by atoms with Gasteiger partial charge in [-0.15, -0.1) is 10.2 Å². The molecule has 4 rings (SSSR count). The number of thioether (sulfide) groups is 1. The van der Waals surface area contributed by atoms with Gasteiger partial charge < -0.3 is 4.42 Å². The third-order valence-electron chi connectivity index (χ3n) is 3.61. The molecule has 5 nitrogen and oxygen atoms in total. The van der Waals surface area contributed by atoms with Crippen LogP contribution in [0.4, 0.5) is 0 Å². The Morgan fingerprint density at radius 2 is 1.92 bits per heavy atom. The van der Waals surface area contributed by atoms with Crippen LogP contribution in [0.3, 0.4) is 0 Å². The average molecular weight is 401 g/mol. The van der Waals surface area contributed by atoms with Crippen molar-refractivity contribution in [3.63, 3.8) is 0 Å². The molecule has 0 spiro atoms. The second kappa shape index (κ2) is 6.41. The van der Waals surface area contributed by atoms with Gasteiger partial charge in [0.25, 0.3) is 5.22 Å². The minimum atomic E-state index is 0.531. The van der Waals surface area contributed by atoms with E-state index in [4.69, 9.17) is 4.42 Å². The second-order valence-electron chi connectivity index (χ2n) is 5.24.